The second kappa shape index (κ2) is 6.90. The third-order valence-corrected chi connectivity index (χ3v) is 4.35. The Labute approximate surface area is 148 Å². The lowest BCUT2D eigenvalue weighted by Gasteiger charge is -2.28. The van der Waals surface area contributed by atoms with Gasteiger partial charge in [-0.05, 0) is 23.6 Å². The van der Waals surface area contributed by atoms with E-state index in [9.17, 15) is 19.7 Å². The molecule has 2 aromatic rings. The largest absolute Gasteiger partial charge is 0.330 e. The molecule has 2 amide bonds. The highest BCUT2D eigenvalue weighted by Gasteiger charge is 2.26. The molecule has 0 saturated carbocycles. The van der Waals surface area contributed by atoms with Crippen LogP contribution in [0.5, 0.6) is 0 Å². The normalized spacial score (nSPS) is 13.1. The molecule has 0 bridgehead atoms. The summed E-state index contributed by atoms with van der Waals surface area (Å²) in [7, 11) is 0. The van der Waals surface area contributed by atoms with Gasteiger partial charge in [0, 0.05) is 25.2 Å². The summed E-state index contributed by atoms with van der Waals surface area (Å²) in [5.74, 6) is -1.57. The van der Waals surface area contributed by atoms with Crippen LogP contribution in [0.3, 0.4) is 0 Å². The maximum atomic E-state index is 12.4. The van der Waals surface area contributed by atoms with Crippen molar-refractivity contribution in [2.24, 2.45) is 0 Å². The zero-order chi connectivity index (χ0) is 18.0. The third kappa shape index (κ3) is 3.61. The van der Waals surface area contributed by atoms with Gasteiger partial charge >= 0.3 is 11.8 Å². The summed E-state index contributed by atoms with van der Waals surface area (Å²) in [4.78, 5) is 36.3. The smallest absolute Gasteiger partial charge is 0.313 e. The number of nitro benzene ring substituents is 1. The number of carbonyl (C=O) groups excluding carboxylic acids is 2. The van der Waals surface area contributed by atoms with Crippen molar-refractivity contribution in [2.45, 2.75) is 13.0 Å². The minimum absolute atomic E-state index is 0.0339. The summed E-state index contributed by atoms with van der Waals surface area (Å²) < 4.78 is 0. The van der Waals surface area contributed by atoms with Gasteiger partial charge in [0.15, 0.2) is 0 Å². The average Bonchev–Trinajstić information content (AvgIpc) is 2.62. The summed E-state index contributed by atoms with van der Waals surface area (Å²) in [6, 6.07) is 11.4. The molecule has 0 aromatic heterocycles. The van der Waals surface area contributed by atoms with Crippen LogP contribution in [0.4, 0.5) is 11.4 Å². The van der Waals surface area contributed by atoms with E-state index in [1.165, 1.54) is 17.0 Å². The number of hydrogen-bond acceptors (Lipinski definition) is 4. The first-order valence-electron chi connectivity index (χ1n) is 7.56. The van der Waals surface area contributed by atoms with Crippen molar-refractivity contribution in [3.63, 3.8) is 0 Å². The van der Waals surface area contributed by atoms with Crippen LogP contribution in [0.1, 0.15) is 11.1 Å². The van der Waals surface area contributed by atoms with Crippen molar-refractivity contribution in [1.29, 1.82) is 0 Å². The molecule has 8 heteroatoms. The predicted molar refractivity (Wildman–Crippen MR) is 92.3 cm³/mol. The van der Waals surface area contributed by atoms with Gasteiger partial charge in [0.25, 0.3) is 5.69 Å². The fraction of sp³-hybridized carbons (Fsp3) is 0.176. The number of nitro groups is 1. The molecule has 0 fully saturated rings. The van der Waals surface area contributed by atoms with Crippen LogP contribution in [0.15, 0.2) is 42.5 Å². The topological polar surface area (TPSA) is 92.5 Å². The molecule has 0 aliphatic carbocycles. The first-order valence-corrected chi connectivity index (χ1v) is 7.94. The van der Waals surface area contributed by atoms with Crippen LogP contribution in [-0.4, -0.2) is 28.2 Å². The lowest BCUT2D eigenvalue weighted by molar-refractivity contribution is -0.384. The number of rotatable bonds is 2. The Morgan fingerprint density at radius 1 is 1.16 bits per heavy atom. The molecule has 7 nitrogen and oxygen atoms in total. The molecule has 128 valence electrons. The molecule has 0 saturated heterocycles. The number of nitrogens with zero attached hydrogens (tertiary/aromatic N) is 2. The van der Waals surface area contributed by atoms with Crippen LogP contribution in [0.25, 0.3) is 0 Å². The van der Waals surface area contributed by atoms with Gasteiger partial charge in [-0.2, -0.15) is 0 Å². The predicted octanol–water partition coefficient (Wildman–Crippen LogP) is 2.77. The van der Waals surface area contributed by atoms with Crippen LogP contribution >= 0.6 is 11.6 Å². The first kappa shape index (κ1) is 16.9. The quantitative estimate of drug-likeness (QED) is 0.507. The highest BCUT2D eigenvalue weighted by atomic mass is 35.5. The Balaban J connectivity index is 1.73. The van der Waals surface area contributed by atoms with E-state index in [-0.39, 0.29) is 16.4 Å². The average molecular weight is 360 g/mol. The number of amides is 2. The van der Waals surface area contributed by atoms with E-state index < -0.39 is 16.7 Å². The van der Waals surface area contributed by atoms with E-state index in [4.69, 9.17) is 11.6 Å². The molecular weight excluding hydrogens is 346 g/mol. The van der Waals surface area contributed by atoms with Crippen LogP contribution in [0, 0.1) is 10.1 Å². The molecule has 0 radical (unpaired) electrons. The van der Waals surface area contributed by atoms with Gasteiger partial charge in [0.2, 0.25) is 0 Å². The highest BCUT2D eigenvalue weighted by molar-refractivity contribution is 6.41. The van der Waals surface area contributed by atoms with Gasteiger partial charge in [-0.1, -0.05) is 35.9 Å². The molecule has 1 heterocycles. The summed E-state index contributed by atoms with van der Waals surface area (Å²) in [6.07, 6.45) is 0.673. The van der Waals surface area contributed by atoms with E-state index in [0.29, 0.717) is 19.5 Å². The Hall–Kier alpha value is -2.93. The van der Waals surface area contributed by atoms with Crippen LogP contribution in [-0.2, 0) is 22.6 Å². The van der Waals surface area contributed by atoms with Crippen LogP contribution in [0.2, 0.25) is 5.02 Å². The SMILES string of the molecule is O=C(Nc1cc([N+](=O)[O-])ccc1Cl)C(=O)N1CCc2ccccc2C1. The van der Waals surface area contributed by atoms with E-state index in [1.807, 2.05) is 24.3 Å². The molecular formula is C17H14ClN3O4. The minimum Gasteiger partial charge on any atom is -0.330 e. The van der Waals surface area contributed by atoms with Gasteiger partial charge in [0.1, 0.15) is 0 Å². The molecule has 0 atom stereocenters. The van der Waals surface area contributed by atoms with Crippen molar-refractivity contribution in [2.75, 3.05) is 11.9 Å². The first-order chi connectivity index (χ1) is 12.0. The lowest BCUT2D eigenvalue weighted by Crippen LogP contribution is -2.42. The molecule has 1 N–H and O–H groups in total. The van der Waals surface area contributed by atoms with Crippen molar-refractivity contribution < 1.29 is 14.5 Å². The Morgan fingerprint density at radius 2 is 1.88 bits per heavy atom. The summed E-state index contributed by atoms with van der Waals surface area (Å²) in [6.45, 7) is 0.789. The van der Waals surface area contributed by atoms with Crippen LogP contribution < -0.4 is 5.32 Å². The van der Waals surface area contributed by atoms with E-state index >= 15 is 0 Å². The minimum atomic E-state index is -0.873. The van der Waals surface area contributed by atoms with Gasteiger partial charge in [0.05, 0.1) is 15.6 Å². The number of fused-ring (bicyclic) bond motifs is 1. The Kier molecular flexibility index (Phi) is 4.67. The lowest BCUT2D eigenvalue weighted by atomic mass is 10.00. The summed E-state index contributed by atoms with van der Waals surface area (Å²) in [5.41, 5.74) is 1.97. The van der Waals surface area contributed by atoms with Crippen molar-refractivity contribution >= 4 is 34.8 Å². The molecule has 3 rings (SSSR count). The molecule has 25 heavy (non-hydrogen) atoms. The number of halogens is 1. The monoisotopic (exact) mass is 359 g/mol. The number of carbonyl (C=O) groups is 2. The number of benzene rings is 2. The molecule has 0 unspecified atom stereocenters. The van der Waals surface area contributed by atoms with Crippen molar-refractivity contribution in [1.82, 2.24) is 4.90 Å². The Bertz CT molecular complexity index is 869. The Morgan fingerprint density at radius 3 is 2.60 bits per heavy atom. The number of anilines is 1. The second-order valence-electron chi connectivity index (χ2n) is 5.62. The van der Waals surface area contributed by atoms with Crippen molar-refractivity contribution in [3.8, 4) is 0 Å². The maximum Gasteiger partial charge on any atom is 0.313 e. The zero-order valence-electron chi connectivity index (χ0n) is 13.1. The van der Waals surface area contributed by atoms with Gasteiger partial charge in [-0.3, -0.25) is 19.7 Å². The second-order valence-corrected chi connectivity index (χ2v) is 6.03. The third-order valence-electron chi connectivity index (χ3n) is 4.02. The molecule has 0 spiro atoms. The highest BCUT2D eigenvalue weighted by Crippen LogP contribution is 2.27. The zero-order valence-corrected chi connectivity index (χ0v) is 13.8. The van der Waals surface area contributed by atoms with Gasteiger partial charge < -0.3 is 10.2 Å². The van der Waals surface area contributed by atoms with E-state index in [0.717, 1.165) is 17.2 Å². The number of nitrogens with one attached hydrogen (secondary N) is 1. The number of non-ortho nitro benzene ring substituents is 1. The maximum absolute atomic E-state index is 12.4. The molecule has 1 aliphatic rings. The number of hydrogen-bond donors (Lipinski definition) is 1. The van der Waals surface area contributed by atoms with Gasteiger partial charge in [-0.25, -0.2) is 0 Å². The van der Waals surface area contributed by atoms with E-state index in [1.54, 1.807) is 0 Å². The molecule has 1 aliphatic heterocycles. The fourth-order valence-corrected chi connectivity index (χ4v) is 2.88. The summed E-state index contributed by atoms with van der Waals surface area (Å²) >= 11 is 5.94. The standard InChI is InChI=1S/C17H14ClN3O4/c18-14-6-5-13(21(24)25)9-15(14)19-16(22)17(23)20-8-7-11-3-1-2-4-12(11)10-20/h1-6,9H,7-8,10H2,(H,19,22). The molecule has 2 aromatic carbocycles. The van der Waals surface area contributed by atoms with Gasteiger partial charge in [-0.15, -0.1) is 0 Å². The van der Waals surface area contributed by atoms with Crippen molar-refractivity contribution in [3.05, 3.63) is 68.7 Å². The van der Waals surface area contributed by atoms with E-state index in [2.05, 4.69) is 5.32 Å². The fourth-order valence-electron chi connectivity index (χ4n) is 2.71. The summed E-state index contributed by atoms with van der Waals surface area (Å²) in [5, 5.41) is 13.3.